The Morgan fingerprint density at radius 1 is 1.19 bits per heavy atom. The van der Waals surface area contributed by atoms with Crippen molar-refractivity contribution in [1.82, 2.24) is 0 Å². The van der Waals surface area contributed by atoms with Crippen molar-refractivity contribution in [2.45, 2.75) is 6.92 Å². The molecule has 0 amide bonds. The normalized spacial score (nSPS) is 14.7. The Bertz CT molecular complexity index is 934. The van der Waals surface area contributed by atoms with Gasteiger partial charge in [-0.3, -0.25) is 0 Å². The summed E-state index contributed by atoms with van der Waals surface area (Å²) in [6, 6.07) is 12.4. The molecule has 0 bridgehead atoms. The van der Waals surface area contributed by atoms with Crippen LogP contribution in [0.1, 0.15) is 18.1 Å². The average Bonchev–Trinajstić information content (AvgIpc) is 3.02. The summed E-state index contributed by atoms with van der Waals surface area (Å²) in [6.45, 7) is 6.39. The standard InChI is InChI=1S/C21H18ClNO4/c1-3-10-26-18-9-8-14(12-19(18)25-4-2)11-17-21(24)27-20(23-17)15-6-5-7-16(22)13-15/h3,5-9,11-13H,1,4,10H2,2H3. The van der Waals surface area contributed by atoms with Crippen molar-refractivity contribution in [3.8, 4) is 11.5 Å². The topological polar surface area (TPSA) is 57.1 Å². The van der Waals surface area contributed by atoms with Crippen LogP contribution in [-0.4, -0.2) is 25.1 Å². The van der Waals surface area contributed by atoms with Crippen molar-refractivity contribution in [2.24, 2.45) is 4.99 Å². The second-order valence-electron chi connectivity index (χ2n) is 5.59. The fourth-order valence-electron chi connectivity index (χ4n) is 2.46. The second kappa shape index (κ2) is 8.56. The molecular weight excluding hydrogens is 366 g/mol. The molecule has 0 unspecified atom stereocenters. The molecule has 1 aliphatic rings. The fraction of sp³-hybridized carbons (Fsp3) is 0.143. The molecule has 0 fully saturated rings. The van der Waals surface area contributed by atoms with Gasteiger partial charge in [0.05, 0.1) is 6.61 Å². The van der Waals surface area contributed by atoms with Crippen LogP contribution in [0, 0.1) is 0 Å². The molecule has 0 aliphatic carbocycles. The zero-order valence-electron chi connectivity index (χ0n) is 14.8. The molecule has 0 aromatic heterocycles. The van der Waals surface area contributed by atoms with Gasteiger partial charge in [0.1, 0.15) is 6.61 Å². The SMILES string of the molecule is C=CCOc1ccc(C=C2N=C(c3cccc(Cl)c3)OC2=O)cc1OCC. The Morgan fingerprint density at radius 3 is 2.78 bits per heavy atom. The highest BCUT2D eigenvalue weighted by Gasteiger charge is 2.24. The number of ether oxygens (including phenoxy) is 3. The molecule has 1 aliphatic heterocycles. The molecule has 3 rings (SSSR count). The highest BCUT2D eigenvalue weighted by atomic mass is 35.5. The van der Waals surface area contributed by atoms with Gasteiger partial charge in [0, 0.05) is 10.6 Å². The lowest BCUT2D eigenvalue weighted by Gasteiger charge is -2.11. The first-order valence-electron chi connectivity index (χ1n) is 8.39. The molecule has 138 valence electrons. The van der Waals surface area contributed by atoms with Gasteiger partial charge in [-0.25, -0.2) is 9.79 Å². The summed E-state index contributed by atoms with van der Waals surface area (Å²) in [6.07, 6.45) is 3.30. The van der Waals surface area contributed by atoms with E-state index in [-0.39, 0.29) is 11.6 Å². The number of cyclic esters (lactones) is 1. The van der Waals surface area contributed by atoms with Gasteiger partial charge in [-0.2, -0.15) is 0 Å². The molecular formula is C21H18ClNO4. The Labute approximate surface area is 162 Å². The van der Waals surface area contributed by atoms with E-state index in [1.54, 1.807) is 48.6 Å². The predicted molar refractivity (Wildman–Crippen MR) is 105 cm³/mol. The molecule has 1 heterocycles. The summed E-state index contributed by atoms with van der Waals surface area (Å²) in [5.74, 6) is 0.898. The smallest absolute Gasteiger partial charge is 0.363 e. The number of benzene rings is 2. The summed E-state index contributed by atoms with van der Waals surface area (Å²) in [5.41, 5.74) is 1.59. The Balaban J connectivity index is 1.90. The van der Waals surface area contributed by atoms with E-state index in [1.807, 2.05) is 13.0 Å². The number of carbonyl (C=O) groups is 1. The maximum Gasteiger partial charge on any atom is 0.363 e. The van der Waals surface area contributed by atoms with Crippen LogP contribution in [0.4, 0.5) is 0 Å². The van der Waals surface area contributed by atoms with Crippen LogP contribution in [0.5, 0.6) is 11.5 Å². The van der Waals surface area contributed by atoms with E-state index in [2.05, 4.69) is 11.6 Å². The molecule has 0 spiro atoms. The van der Waals surface area contributed by atoms with Crippen LogP contribution in [0.15, 0.2) is 65.8 Å². The van der Waals surface area contributed by atoms with E-state index < -0.39 is 5.97 Å². The van der Waals surface area contributed by atoms with E-state index in [1.165, 1.54) is 0 Å². The van der Waals surface area contributed by atoms with Crippen LogP contribution in [-0.2, 0) is 9.53 Å². The van der Waals surface area contributed by atoms with E-state index in [4.69, 9.17) is 25.8 Å². The highest BCUT2D eigenvalue weighted by Crippen LogP contribution is 2.30. The number of nitrogens with zero attached hydrogens (tertiary/aromatic N) is 1. The molecule has 0 saturated carbocycles. The van der Waals surface area contributed by atoms with Gasteiger partial charge in [-0.1, -0.05) is 36.4 Å². The van der Waals surface area contributed by atoms with Crippen LogP contribution < -0.4 is 9.47 Å². The molecule has 2 aromatic rings. The number of esters is 1. The summed E-state index contributed by atoms with van der Waals surface area (Å²) >= 11 is 5.98. The summed E-state index contributed by atoms with van der Waals surface area (Å²) < 4.78 is 16.4. The predicted octanol–water partition coefficient (Wildman–Crippen LogP) is 4.65. The molecule has 0 N–H and O–H groups in total. The average molecular weight is 384 g/mol. The number of carbonyl (C=O) groups excluding carboxylic acids is 1. The van der Waals surface area contributed by atoms with Gasteiger partial charge in [-0.05, 0) is 48.9 Å². The van der Waals surface area contributed by atoms with E-state index in [0.29, 0.717) is 35.3 Å². The van der Waals surface area contributed by atoms with Gasteiger partial charge in [0.15, 0.2) is 17.2 Å². The van der Waals surface area contributed by atoms with Gasteiger partial charge < -0.3 is 14.2 Å². The van der Waals surface area contributed by atoms with Crippen molar-refractivity contribution in [1.29, 1.82) is 0 Å². The minimum atomic E-state index is -0.519. The number of aliphatic imine (C=N–C) groups is 1. The highest BCUT2D eigenvalue weighted by molar-refractivity contribution is 6.31. The van der Waals surface area contributed by atoms with Crippen LogP contribution in [0.3, 0.4) is 0 Å². The summed E-state index contributed by atoms with van der Waals surface area (Å²) in [4.78, 5) is 16.4. The second-order valence-corrected chi connectivity index (χ2v) is 6.02. The maximum absolute atomic E-state index is 12.2. The first kappa shape index (κ1) is 18.7. The van der Waals surface area contributed by atoms with Gasteiger partial charge in [-0.15, -0.1) is 0 Å². The zero-order chi connectivity index (χ0) is 19.2. The number of hydrogen-bond donors (Lipinski definition) is 0. The molecule has 0 saturated heterocycles. The van der Waals surface area contributed by atoms with Crippen molar-refractivity contribution in [2.75, 3.05) is 13.2 Å². The van der Waals surface area contributed by atoms with Gasteiger partial charge in [0.2, 0.25) is 5.90 Å². The molecule has 0 atom stereocenters. The lowest BCUT2D eigenvalue weighted by molar-refractivity contribution is -0.129. The monoisotopic (exact) mass is 383 g/mol. The molecule has 27 heavy (non-hydrogen) atoms. The molecule has 2 aromatic carbocycles. The quantitative estimate of drug-likeness (QED) is 0.397. The number of rotatable bonds is 7. The van der Waals surface area contributed by atoms with Crippen LogP contribution >= 0.6 is 11.6 Å². The molecule has 6 heteroatoms. The first-order chi connectivity index (χ1) is 13.1. The Kier molecular flexibility index (Phi) is 5.94. The van der Waals surface area contributed by atoms with Crippen LogP contribution in [0.25, 0.3) is 6.08 Å². The third kappa shape index (κ3) is 4.57. The van der Waals surface area contributed by atoms with E-state index >= 15 is 0 Å². The first-order valence-corrected chi connectivity index (χ1v) is 8.77. The maximum atomic E-state index is 12.2. The van der Waals surface area contributed by atoms with E-state index in [0.717, 1.165) is 5.56 Å². The lowest BCUT2D eigenvalue weighted by atomic mass is 10.1. The minimum Gasteiger partial charge on any atom is -0.490 e. The van der Waals surface area contributed by atoms with E-state index in [9.17, 15) is 4.79 Å². The summed E-state index contributed by atoms with van der Waals surface area (Å²) in [5, 5.41) is 0.542. The van der Waals surface area contributed by atoms with Gasteiger partial charge in [0.25, 0.3) is 0 Å². The Morgan fingerprint density at radius 2 is 2.04 bits per heavy atom. The fourth-order valence-corrected chi connectivity index (χ4v) is 2.65. The third-order valence-electron chi connectivity index (χ3n) is 3.62. The van der Waals surface area contributed by atoms with Crippen molar-refractivity contribution in [3.63, 3.8) is 0 Å². The molecule has 0 radical (unpaired) electrons. The van der Waals surface area contributed by atoms with Crippen molar-refractivity contribution < 1.29 is 19.0 Å². The van der Waals surface area contributed by atoms with Gasteiger partial charge >= 0.3 is 5.97 Å². The van der Waals surface area contributed by atoms with Crippen molar-refractivity contribution in [3.05, 3.63) is 77.0 Å². The number of halogens is 1. The number of hydrogen-bond acceptors (Lipinski definition) is 5. The van der Waals surface area contributed by atoms with Crippen LogP contribution in [0.2, 0.25) is 5.02 Å². The lowest BCUT2D eigenvalue weighted by Crippen LogP contribution is -2.05. The molecule has 5 nitrogen and oxygen atoms in total. The van der Waals surface area contributed by atoms with Crippen molar-refractivity contribution >= 4 is 29.5 Å². The largest absolute Gasteiger partial charge is 0.490 e. The zero-order valence-corrected chi connectivity index (χ0v) is 15.5. The summed E-state index contributed by atoms with van der Waals surface area (Å²) in [7, 11) is 0. The Hall–Kier alpha value is -3.05. The third-order valence-corrected chi connectivity index (χ3v) is 3.85. The minimum absolute atomic E-state index is 0.201.